The van der Waals surface area contributed by atoms with Crippen LogP contribution in [0.3, 0.4) is 0 Å². The third-order valence-corrected chi connectivity index (χ3v) is 3.70. The second kappa shape index (κ2) is 4.56. The normalized spacial score (nSPS) is 18.2. The molecule has 1 aliphatic rings. The van der Waals surface area contributed by atoms with E-state index in [0.717, 1.165) is 24.2 Å². The summed E-state index contributed by atoms with van der Waals surface area (Å²) in [4.78, 5) is 0. The molecule has 17 heavy (non-hydrogen) atoms. The molecule has 0 aliphatic heterocycles. The zero-order chi connectivity index (χ0) is 12.5. The second-order valence-electron chi connectivity index (χ2n) is 4.38. The summed E-state index contributed by atoms with van der Waals surface area (Å²) in [6, 6.07) is 7.99. The predicted molar refractivity (Wildman–Crippen MR) is 67.1 cm³/mol. The largest absolute Gasteiger partial charge is 0.497 e. The Labute approximate surface area is 106 Å². The number of halogens is 1. The van der Waals surface area contributed by atoms with E-state index in [4.69, 9.17) is 16.3 Å². The number of hydrogen-bond donors (Lipinski definition) is 1. The van der Waals surface area contributed by atoms with Crippen molar-refractivity contribution >= 4 is 11.6 Å². The summed E-state index contributed by atoms with van der Waals surface area (Å²) in [5.41, 5.74) is 0.682. The highest BCUT2D eigenvalue weighted by molar-refractivity contribution is 6.31. The number of nitrogens with one attached hydrogen (secondary N) is 1. The van der Waals surface area contributed by atoms with Crippen molar-refractivity contribution in [2.45, 2.75) is 18.9 Å². The summed E-state index contributed by atoms with van der Waals surface area (Å²) in [5.74, 6) is 0.732. The third kappa shape index (κ3) is 2.11. The second-order valence-corrected chi connectivity index (χ2v) is 4.78. The number of hydrogen-bond acceptors (Lipinski definition) is 3. The van der Waals surface area contributed by atoms with Crippen LogP contribution in [0.1, 0.15) is 24.4 Å². The molecule has 1 atom stereocenters. The lowest BCUT2D eigenvalue weighted by molar-refractivity contribution is 0.412. The zero-order valence-corrected chi connectivity index (χ0v) is 10.7. The molecule has 1 aromatic carbocycles. The van der Waals surface area contributed by atoms with Gasteiger partial charge in [-0.3, -0.25) is 0 Å². The lowest BCUT2D eigenvalue weighted by Crippen LogP contribution is -2.25. The molecular formula is C13H15ClN2O. The van der Waals surface area contributed by atoms with E-state index in [9.17, 15) is 5.26 Å². The molecule has 0 amide bonds. The minimum absolute atomic E-state index is 0.00842. The van der Waals surface area contributed by atoms with Gasteiger partial charge in [0.1, 0.15) is 5.75 Å². The van der Waals surface area contributed by atoms with Gasteiger partial charge in [0, 0.05) is 5.02 Å². The molecule has 0 radical (unpaired) electrons. The molecular weight excluding hydrogens is 236 g/mol. The van der Waals surface area contributed by atoms with E-state index in [1.165, 1.54) is 0 Å². The van der Waals surface area contributed by atoms with Crippen molar-refractivity contribution in [1.29, 1.82) is 5.26 Å². The Morgan fingerprint density at radius 3 is 2.65 bits per heavy atom. The van der Waals surface area contributed by atoms with E-state index in [1.807, 2.05) is 19.2 Å². The molecule has 0 heterocycles. The first-order chi connectivity index (χ1) is 8.16. The van der Waals surface area contributed by atoms with Gasteiger partial charge in [-0.25, -0.2) is 0 Å². The van der Waals surface area contributed by atoms with Crippen LogP contribution in [-0.2, 0) is 0 Å². The lowest BCUT2D eigenvalue weighted by atomic mass is 9.91. The Kier molecular flexibility index (Phi) is 3.28. The van der Waals surface area contributed by atoms with E-state index in [1.54, 1.807) is 13.2 Å². The molecule has 0 aromatic heterocycles. The Bertz CT molecular complexity index is 463. The molecule has 3 nitrogen and oxygen atoms in total. The van der Waals surface area contributed by atoms with Crippen molar-refractivity contribution in [3.05, 3.63) is 28.8 Å². The van der Waals surface area contributed by atoms with Crippen molar-refractivity contribution in [3.8, 4) is 11.8 Å². The number of rotatable bonds is 4. The highest BCUT2D eigenvalue weighted by Gasteiger charge is 2.50. The van der Waals surface area contributed by atoms with Crippen LogP contribution >= 0.6 is 11.6 Å². The highest BCUT2D eigenvalue weighted by Crippen LogP contribution is 2.55. The minimum atomic E-state index is -0.285. The van der Waals surface area contributed by atoms with Crippen molar-refractivity contribution < 1.29 is 4.74 Å². The lowest BCUT2D eigenvalue weighted by Gasteiger charge is -2.22. The number of benzene rings is 1. The van der Waals surface area contributed by atoms with Gasteiger partial charge < -0.3 is 10.1 Å². The van der Waals surface area contributed by atoms with Crippen LogP contribution in [0.15, 0.2) is 18.2 Å². The van der Waals surface area contributed by atoms with Crippen molar-refractivity contribution in [1.82, 2.24) is 5.32 Å². The van der Waals surface area contributed by atoms with Crippen LogP contribution in [0.25, 0.3) is 0 Å². The summed E-state index contributed by atoms with van der Waals surface area (Å²) in [7, 11) is 3.47. The monoisotopic (exact) mass is 250 g/mol. The van der Waals surface area contributed by atoms with Crippen LogP contribution in [0.5, 0.6) is 5.75 Å². The fraction of sp³-hybridized carbons (Fsp3) is 0.462. The summed E-state index contributed by atoms with van der Waals surface area (Å²) in [5, 5.41) is 13.1. The van der Waals surface area contributed by atoms with E-state index < -0.39 is 0 Å². The Balaban J connectivity index is 2.36. The summed E-state index contributed by atoms with van der Waals surface area (Å²) >= 11 is 6.24. The maximum Gasteiger partial charge on any atom is 0.120 e. The molecule has 0 spiro atoms. The fourth-order valence-electron chi connectivity index (χ4n) is 2.20. The summed E-state index contributed by atoms with van der Waals surface area (Å²) in [6.45, 7) is 0. The Morgan fingerprint density at radius 2 is 2.24 bits per heavy atom. The van der Waals surface area contributed by atoms with Gasteiger partial charge >= 0.3 is 0 Å². The van der Waals surface area contributed by atoms with E-state index in [-0.39, 0.29) is 11.5 Å². The Morgan fingerprint density at radius 1 is 1.53 bits per heavy atom. The number of methoxy groups -OCH3 is 1. The van der Waals surface area contributed by atoms with Crippen LogP contribution in [0.4, 0.5) is 0 Å². The summed E-state index contributed by atoms with van der Waals surface area (Å²) in [6.07, 6.45) is 1.86. The van der Waals surface area contributed by atoms with Gasteiger partial charge in [-0.05, 0) is 37.6 Å². The molecule has 1 saturated carbocycles. The molecule has 1 unspecified atom stereocenters. The van der Waals surface area contributed by atoms with Gasteiger partial charge in [-0.2, -0.15) is 5.26 Å². The molecule has 2 rings (SSSR count). The maximum atomic E-state index is 9.25. The maximum absolute atomic E-state index is 9.25. The number of nitriles is 1. The van der Waals surface area contributed by atoms with Crippen molar-refractivity contribution in [3.63, 3.8) is 0 Å². The van der Waals surface area contributed by atoms with Gasteiger partial charge in [0.25, 0.3) is 0 Å². The molecule has 1 aromatic rings. The van der Waals surface area contributed by atoms with Crippen LogP contribution in [0, 0.1) is 16.7 Å². The standard InChI is InChI=1S/C13H15ClN2O/c1-16-12(13(8-15)5-6-13)10-4-3-9(17-2)7-11(10)14/h3-4,7,12,16H,5-6H2,1-2H3. The molecule has 1 fully saturated rings. The van der Waals surface area contributed by atoms with Gasteiger partial charge in [-0.15, -0.1) is 0 Å². The predicted octanol–water partition coefficient (Wildman–Crippen LogP) is 2.91. The average Bonchev–Trinajstić information content (AvgIpc) is 3.13. The molecule has 0 saturated heterocycles. The SMILES string of the molecule is CNC(c1ccc(OC)cc1Cl)C1(C#N)CC1. The first-order valence-electron chi connectivity index (χ1n) is 5.59. The highest BCUT2D eigenvalue weighted by atomic mass is 35.5. The van der Waals surface area contributed by atoms with Gasteiger partial charge in [0.05, 0.1) is 24.6 Å². The molecule has 4 heteroatoms. The van der Waals surface area contributed by atoms with Crippen LogP contribution in [0.2, 0.25) is 5.02 Å². The Hall–Kier alpha value is -1.24. The molecule has 0 bridgehead atoms. The van der Waals surface area contributed by atoms with Crippen LogP contribution in [-0.4, -0.2) is 14.2 Å². The average molecular weight is 251 g/mol. The smallest absolute Gasteiger partial charge is 0.120 e. The van der Waals surface area contributed by atoms with E-state index in [2.05, 4.69) is 11.4 Å². The fourth-order valence-corrected chi connectivity index (χ4v) is 2.48. The van der Waals surface area contributed by atoms with Gasteiger partial charge in [-0.1, -0.05) is 17.7 Å². The quantitative estimate of drug-likeness (QED) is 0.894. The van der Waals surface area contributed by atoms with Crippen LogP contribution < -0.4 is 10.1 Å². The molecule has 1 N–H and O–H groups in total. The topological polar surface area (TPSA) is 45.0 Å². The van der Waals surface area contributed by atoms with E-state index >= 15 is 0 Å². The minimum Gasteiger partial charge on any atom is -0.497 e. The molecule has 90 valence electrons. The van der Waals surface area contributed by atoms with Crippen molar-refractivity contribution in [2.24, 2.45) is 5.41 Å². The first kappa shape index (κ1) is 12.2. The van der Waals surface area contributed by atoms with Gasteiger partial charge in [0.2, 0.25) is 0 Å². The number of nitrogens with zero attached hydrogens (tertiary/aromatic N) is 1. The third-order valence-electron chi connectivity index (χ3n) is 3.37. The van der Waals surface area contributed by atoms with Crippen molar-refractivity contribution in [2.75, 3.05) is 14.2 Å². The van der Waals surface area contributed by atoms with E-state index in [0.29, 0.717) is 5.02 Å². The molecule has 1 aliphatic carbocycles. The zero-order valence-electron chi connectivity index (χ0n) is 9.96. The van der Waals surface area contributed by atoms with Gasteiger partial charge in [0.15, 0.2) is 0 Å². The first-order valence-corrected chi connectivity index (χ1v) is 5.96. The summed E-state index contributed by atoms with van der Waals surface area (Å²) < 4.78 is 5.12. The number of ether oxygens (including phenoxy) is 1.